The van der Waals surface area contributed by atoms with Crippen LogP contribution < -0.4 is 0 Å². The van der Waals surface area contributed by atoms with Crippen molar-refractivity contribution in [1.29, 1.82) is 0 Å². The van der Waals surface area contributed by atoms with Gasteiger partial charge in [-0.3, -0.25) is 4.90 Å². The van der Waals surface area contributed by atoms with Gasteiger partial charge < -0.3 is 5.11 Å². The average molecular weight is 238 g/mol. The molecule has 0 bridgehead atoms. The molecule has 1 aliphatic rings. The Bertz CT molecular complexity index is 346. The first-order valence-electron chi connectivity index (χ1n) is 4.37. The van der Waals surface area contributed by atoms with Crippen molar-refractivity contribution < 1.29 is 18.3 Å². The van der Waals surface area contributed by atoms with Gasteiger partial charge in [0.1, 0.15) is 4.88 Å². The highest BCUT2D eigenvalue weighted by atomic mass is 32.1. The minimum atomic E-state index is -4.32. The van der Waals surface area contributed by atoms with Crippen LogP contribution in [0.3, 0.4) is 0 Å². The lowest BCUT2D eigenvalue weighted by Gasteiger charge is -2.35. The van der Waals surface area contributed by atoms with Gasteiger partial charge in [-0.05, 0) is 0 Å². The van der Waals surface area contributed by atoms with Crippen LogP contribution in [0, 0.1) is 0 Å². The van der Waals surface area contributed by atoms with Gasteiger partial charge in [0.05, 0.1) is 17.3 Å². The third kappa shape index (κ3) is 2.30. The van der Waals surface area contributed by atoms with Crippen molar-refractivity contribution in [2.45, 2.75) is 18.8 Å². The third-order valence-electron chi connectivity index (χ3n) is 2.21. The van der Waals surface area contributed by atoms with Gasteiger partial charge in [-0.15, -0.1) is 11.3 Å². The fourth-order valence-electron chi connectivity index (χ4n) is 1.50. The van der Waals surface area contributed by atoms with Crippen LogP contribution in [0.4, 0.5) is 13.2 Å². The Hall–Kier alpha value is -0.660. The molecular weight excluding hydrogens is 229 g/mol. The van der Waals surface area contributed by atoms with Crippen LogP contribution in [0.2, 0.25) is 0 Å². The number of aliphatic hydroxyl groups is 1. The van der Waals surface area contributed by atoms with Gasteiger partial charge in [-0.25, -0.2) is 4.98 Å². The van der Waals surface area contributed by atoms with E-state index < -0.39 is 17.2 Å². The van der Waals surface area contributed by atoms with Gasteiger partial charge in [-0.2, -0.15) is 13.2 Å². The van der Waals surface area contributed by atoms with Crippen molar-refractivity contribution in [3.05, 3.63) is 16.1 Å². The predicted octanol–water partition coefficient (Wildman–Crippen LogP) is 1.34. The molecule has 84 valence electrons. The molecule has 0 atom stereocenters. The molecule has 1 fully saturated rings. The maximum absolute atomic E-state index is 12.4. The predicted molar refractivity (Wildman–Crippen MR) is 48.4 cm³/mol. The molecule has 15 heavy (non-hydrogen) atoms. The Morgan fingerprint density at radius 3 is 2.73 bits per heavy atom. The molecular formula is C8H9F3N2OS. The molecule has 0 saturated carbocycles. The maximum Gasteiger partial charge on any atom is 0.427 e. The van der Waals surface area contributed by atoms with E-state index in [1.54, 1.807) is 4.90 Å². The Labute approximate surface area is 88.2 Å². The quantitative estimate of drug-likeness (QED) is 0.844. The molecule has 2 rings (SSSR count). The number of thiazole rings is 1. The van der Waals surface area contributed by atoms with Gasteiger partial charge in [-0.1, -0.05) is 0 Å². The lowest BCUT2D eigenvalue weighted by molar-refractivity contribution is -0.135. The molecule has 1 saturated heterocycles. The zero-order valence-electron chi connectivity index (χ0n) is 7.66. The Morgan fingerprint density at radius 1 is 1.53 bits per heavy atom. The molecule has 0 aliphatic carbocycles. The number of likely N-dealkylation sites (tertiary alicyclic amines) is 1. The van der Waals surface area contributed by atoms with Gasteiger partial charge >= 0.3 is 6.18 Å². The van der Waals surface area contributed by atoms with Crippen molar-refractivity contribution in [2.75, 3.05) is 13.1 Å². The number of rotatable bonds is 2. The van der Waals surface area contributed by atoms with Crippen molar-refractivity contribution in [1.82, 2.24) is 9.88 Å². The highest BCUT2D eigenvalue weighted by Crippen LogP contribution is 2.35. The molecule has 1 aromatic rings. The van der Waals surface area contributed by atoms with Crippen molar-refractivity contribution in [2.24, 2.45) is 0 Å². The van der Waals surface area contributed by atoms with Crippen LogP contribution in [0.1, 0.15) is 10.6 Å². The molecule has 0 spiro atoms. The summed E-state index contributed by atoms with van der Waals surface area (Å²) in [4.78, 5) is 4.80. The second-order valence-corrected chi connectivity index (χ2v) is 4.33. The first-order valence-corrected chi connectivity index (χ1v) is 5.25. The number of alkyl halides is 3. The maximum atomic E-state index is 12.4. The van der Waals surface area contributed by atoms with Crippen LogP contribution in [0.15, 0.2) is 5.51 Å². The summed E-state index contributed by atoms with van der Waals surface area (Å²) < 4.78 is 37.3. The minimum absolute atomic E-state index is 0.0550. The molecule has 7 heteroatoms. The molecule has 0 unspecified atom stereocenters. The lowest BCUT2D eigenvalue weighted by atomic mass is 10.1. The highest BCUT2D eigenvalue weighted by Gasteiger charge is 2.37. The summed E-state index contributed by atoms with van der Waals surface area (Å²) >= 11 is 0.609. The van der Waals surface area contributed by atoms with Gasteiger partial charge in [0.15, 0.2) is 0 Å². The fourth-order valence-corrected chi connectivity index (χ4v) is 2.17. The van der Waals surface area contributed by atoms with Crippen LogP contribution in [-0.2, 0) is 12.7 Å². The zero-order valence-corrected chi connectivity index (χ0v) is 8.48. The molecule has 2 heterocycles. The molecule has 3 nitrogen and oxygen atoms in total. The topological polar surface area (TPSA) is 36.4 Å². The summed E-state index contributed by atoms with van der Waals surface area (Å²) in [5, 5.41) is 8.99. The number of β-amino-alcohol motifs (C(OH)–C–C–N with tert-alkyl or cyclic N) is 1. The molecule has 0 radical (unpaired) electrons. The smallest absolute Gasteiger partial charge is 0.390 e. The highest BCUT2D eigenvalue weighted by molar-refractivity contribution is 7.09. The van der Waals surface area contributed by atoms with E-state index in [2.05, 4.69) is 4.98 Å². The number of halogens is 3. The van der Waals surface area contributed by atoms with Crippen LogP contribution in [0.25, 0.3) is 0 Å². The van der Waals surface area contributed by atoms with Gasteiger partial charge in [0, 0.05) is 19.6 Å². The molecule has 1 aliphatic heterocycles. The van der Waals surface area contributed by atoms with Crippen molar-refractivity contribution in [3.63, 3.8) is 0 Å². The lowest BCUT2D eigenvalue weighted by Crippen LogP contribution is -2.50. The number of aromatic nitrogens is 1. The van der Waals surface area contributed by atoms with Crippen molar-refractivity contribution >= 4 is 11.3 Å². The Morgan fingerprint density at radius 2 is 2.20 bits per heavy atom. The van der Waals surface area contributed by atoms with Crippen LogP contribution >= 0.6 is 11.3 Å². The fraction of sp³-hybridized carbons (Fsp3) is 0.625. The molecule has 1 N–H and O–H groups in total. The number of aliphatic hydroxyl groups excluding tert-OH is 1. The Kier molecular flexibility index (Phi) is 2.70. The number of hydrogen-bond acceptors (Lipinski definition) is 4. The van der Waals surface area contributed by atoms with Gasteiger partial charge in [0.25, 0.3) is 0 Å². The van der Waals surface area contributed by atoms with Crippen molar-refractivity contribution in [3.8, 4) is 0 Å². The molecule has 1 aromatic heterocycles. The normalized spacial score (nSPS) is 19.2. The standard InChI is InChI=1S/C8H9F3N2OS/c9-8(10,11)7-6(12-4-15-7)3-13-1-5(14)2-13/h4-5,14H,1-3H2. The third-order valence-corrected chi connectivity index (χ3v) is 3.12. The SMILES string of the molecule is OC1CN(Cc2ncsc2C(F)(F)F)C1. The summed E-state index contributed by atoms with van der Waals surface area (Å²) in [6.45, 7) is 1.01. The summed E-state index contributed by atoms with van der Waals surface area (Å²) in [6.07, 6.45) is -4.72. The number of hydrogen-bond donors (Lipinski definition) is 1. The van der Waals surface area contributed by atoms with E-state index in [-0.39, 0.29) is 12.2 Å². The second kappa shape index (κ2) is 3.73. The largest absolute Gasteiger partial charge is 0.427 e. The monoisotopic (exact) mass is 238 g/mol. The van der Waals surface area contributed by atoms with E-state index in [1.165, 1.54) is 5.51 Å². The number of nitrogens with zero attached hydrogens (tertiary/aromatic N) is 2. The first kappa shape index (κ1) is 10.8. The first-order chi connectivity index (χ1) is 6.97. The van der Waals surface area contributed by atoms with E-state index in [4.69, 9.17) is 5.11 Å². The van der Waals surface area contributed by atoms with Crippen LogP contribution in [0.5, 0.6) is 0 Å². The Balaban J connectivity index is 2.05. The van der Waals surface area contributed by atoms with E-state index in [0.717, 1.165) is 0 Å². The van der Waals surface area contributed by atoms with E-state index >= 15 is 0 Å². The molecule has 0 aromatic carbocycles. The van der Waals surface area contributed by atoms with Crippen LogP contribution in [-0.4, -0.2) is 34.2 Å². The summed E-state index contributed by atoms with van der Waals surface area (Å²) in [7, 11) is 0. The summed E-state index contributed by atoms with van der Waals surface area (Å²) in [5.41, 5.74) is 1.26. The van der Waals surface area contributed by atoms with E-state index in [1.807, 2.05) is 0 Å². The van der Waals surface area contributed by atoms with Gasteiger partial charge in [0.2, 0.25) is 0 Å². The zero-order chi connectivity index (χ0) is 11.1. The second-order valence-electron chi connectivity index (χ2n) is 3.47. The van der Waals surface area contributed by atoms with E-state index in [9.17, 15) is 13.2 Å². The average Bonchev–Trinajstić information content (AvgIpc) is 2.48. The minimum Gasteiger partial charge on any atom is -0.390 e. The summed E-state index contributed by atoms with van der Waals surface area (Å²) in [6, 6.07) is 0. The molecule has 0 amide bonds. The summed E-state index contributed by atoms with van der Waals surface area (Å²) in [5.74, 6) is 0. The van der Waals surface area contributed by atoms with E-state index in [0.29, 0.717) is 24.4 Å².